The molecule has 6 nitrogen and oxygen atoms in total. The van der Waals surface area contributed by atoms with Gasteiger partial charge in [-0.1, -0.05) is 0 Å². The van der Waals surface area contributed by atoms with Gasteiger partial charge in [0.25, 0.3) is 0 Å². The van der Waals surface area contributed by atoms with E-state index in [1.807, 2.05) is 4.90 Å². The number of nitrogens with zero attached hydrogens (tertiary/aromatic N) is 3. The summed E-state index contributed by atoms with van der Waals surface area (Å²) in [5.41, 5.74) is 0. The third-order valence-electron chi connectivity index (χ3n) is 3.65. The lowest BCUT2D eigenvalue weighted by Crippen LogP contribution is -2.54. The number of alkyl halides is 1. The van der Waals surface area contributed by atoms with Crippen LogP contribution in [0.25, 0.3) is 0 Å². The number of methoxy groups -OCH3 is 1. The second kappa shape index (κ2) is 6.18. The molecule has 2 amide bonds. The van der Waals surface area contributed by atoms with Crippen LogP contribution in [0.3, 0.4) is 0 Å². The normalized spacial score (nSPS) is 24.6. The Bertz CT molecular complexity index is 345. The lowest BCUT2D eigenvalue weighted by Gasteiger charge is -2.36. The Balaban J connectivity index is 1.79. The molecule has 2 aliphatic rings. The van der Waals surface area contributed by atoms with E-state index >= 15 is 0 Å². The number of esters is 1. The molecule has 0 bridgehead atoms. The van der Waals surface area contributed by atoms with Crippen LogP contribution in [0.15, 0.2) is 0 Å². The standard InChI is InChI=1S/C12H20FN3O3/c1-19-11(17)9-14-5-7-15(8-6-14)12(18)16-4-2-3-10(16)13/h10H,2-9H2,1H3/t10-/m1/s1. The number of carbonyl (C=O) groups excluding carboxylic acids is 2. The average Bonchev–Trinajstić information content (AvgIpc) is 2.85. The average molecular weight is 273 g/mol. The highest BCUT2D eigenvalue weighted by molar-refractivity contribution is 5.75. The van der Waals surface area contributed by atoms with Crippen LogP contribution < -0.4 is 0 Å². The van der Waals surface area contributed by atoms with Crippen molar-refractivity contribution in [1.29, 1.82) is 0 Å². The zero-order chi connectivity index (χ0) is 13.8. The lowest BCUT2D eigenvalue weighted by molar-refractivity contribution is -0.142. The number of amides is 2. The molecule has 2 heterocycles. The minimum Gasteiger partial charge on any atom is -0.468 e. The van der Waals surface area contributed by atoms with Crippen LogP contribution in [0.2, 0.25) is 0 Å². The number of ether oxygens (including phenoxy) is 1. The second-order valence-corrected chi connectivity index (χ2v) is 4.89. The Morgan fingerprint density at radius 3 is 2.42 bits per heavy atom. The van der Waals surface area contributed by atoms with Crippen LogP contribution in [0.5, 0.6) is 0 Å². The number of piperazine rings is 1. The third kappa shape index (κ3) is 3.34. The number of urea groups is 1. The minimum atomic E-state index is -1.14. The summed E-state index contributed by atoms with van der Waals surface area (Å²) in [6, 6.07) is -0.220. The molecule has 0 N–H and O–H groups in total. The number of carbonyl (C=O) groups is 2. The molecule has 0 aliphatic carbocycles. The van der Waals surface area contributed by atoms with E-state index in [9.17, 15) is 14.0 Å². The van der Waals surface area contributed by atoms with Crippen LogP contribution in [0.1, 0.15) is 12.8 Å². The zero-order valence-corrected chi connectivity index (χ0v) is 11.2. The number of hydrogen-bond acceptors (Lipinski definition) is 4. The maximum atomic E-state index is 13.5. The zero-order valence-electron chi connectivity index (χ0n) is 11.2. The van der Waals surface area contributed by atoms with Gasteiger partial charge in [0.1, 0.15) is 0 Å². The van der Waals surface area contributed by atoms with Gasteiger partial charge in [0.2, 0.25) is 0 Å². The molecule has 0 saturated carbocycles. The van der Waals surface area contributed by atoms with Crippen molar-refractivity contribution in [1.82, 2.24) is 14.7 Å². The smallest absolute Gasteiger partial charge is 0.322 e. The number of likely N-dealkylation sites (tertiary alicyclic amines) is 1. The summed E-state index contributed by atoms with van der Waals surface area (Å²) in [6.07, 6.45) is 0.0316. The summed E-state index contributed by atoms with van der Waals surface area (Å²) in [7, 11) is 1.36. The monoisotopic (exact) mass is 273 g/mol. The fourth-order valence-electron chi connectivity index (χ4n) is 2.47. The van der Waals surface area contributed by atoms with Crippen molar-refractivity contribution in [3.8, 4) is 0 Å². The van der Waals surface area contributed by atoms with Gasteiger partial charge in [0.05, 0.1) is 13.7 Å². The molecule has 2 aliphatic heterocycles. The van der Waals surface area contributed by atoms with Crippen molar-refractivity contribution < 1.29 is 18.7 Å². The molecule has 0 aromatic rings. The van der Waals surface area contributed by atoms with Crippen LogP contribution >= 0.6 is 0 Å². The van der Waals surface area contributed by atoms with Crippen molar-refractivity contribution in [2.24, 2.45) is 0 Å². The Morgan fingerprint density at radius 2 is 1.89 bits per heavy atom. The van der Waals surface area contributed by atoms with E-state index in [1.54, 1.807) is 4.90 Å². The molecule has 108 valence electrons. The van der Waals surface area contributed by atoms with E-state index in [0.717, 1.165) is 6.42 Å². The largest absolute Gasteiger partial charge is 0.468 e. The lowest BCUT2D eigenvalue weighted by atomic mass is 10.3. The number of rotatable bonds is 2. The molecule has 0 aromatic carbocycles. The van der Waals surface area contributed by atoms with Gasteiger partial charge in [0.15, 0.2) is 6.30 Å². The van der Waals surface area contributed by atoms with E-state index < -0.39 is 6.30 Å². The summed E-state index contributed by atoms with van der Waals surface area (Å²) in [5.74, 6) is -0.275. The predicted octanol–water partition coefficient (Wildman–Crippen LogP) is 0.288. The molecule has 2 saturated heterocycles. The highest BCUT2D eigenvalue weighted by Gasteiger charge is 2.33. The summed E-state index contributed by atoms with van der Waals surface area (Å²) >= 11 is 0. The molecular formula is C12H20FN3O3. The van der Waals surface area contributed by atoms with Gasteiger partial charge in [-0.05, 0) is 12.8 Å². The first-order valence-electron chi connectivity index (χ1n) is 6.60. The quantitative estimate of drug-likeness (QED) is 0.536. The van der Waals surface area contributed by atoms with Crippen molar-refractivity contribution in [2.45, 2.75) is 19.1 Å². The Labute approximate surface area is 112 Å². The fraction of sp³-hybridized carbons (Fsp3) is 0.833. The molecule has 2 fully saturated rings. The Kier molecular flexibility index (Phi) is 4.57. The predicted molar refractivity (Wildman–Crippen MR) is 66.3 cm³/mol. The van der Waals surface area contributed by atoms with Crippen molar-refractivity contribution in [3.05, 3.63) is 0 Å². The topological polar surface area (TPSA) is 53.1 Å². The van der Waals surface area contributed by atoms with Crippen molar-refractivity contribution in [2.75, 3.05) is 46.4 Å². The van der Waals surface area contributed by atoms with Crippen LogP contribution in [0, 0.1) is 0 Å². The van der Waals surface area contributed by atoms with E-state index in [2.05, 4.69) is 4.74 Å². The molecule has 19 heavy (non-hydrogen) atoms. The minimum absolute atomic E-state index is 0.220. The van der Waals surface area contributed by atoms with Gasteiger partial charge in [-0.25, -0.2) is 9.18 Å². The summed E-state index contributed by atoms with van der Waals surface area (Å²) in [6.45, 7) is 3.03. The Morgan fingerprint density at radius 1 is 1.21 bits per heavy atom. The first-order valence-corrected chi connectivity index (χ1v) is 6.60. The first-order chi connectivity index (χ1) is 9.11. The summed E-state index contributed by atoms with van der Waals surface area (Å²) < 4.78 is 18.1. The second-order valence-electron chi connectivity index (χ2n) is 4.89. The molecule has 7 heteroatoms. The summed E-state index contributed by atoms with van der Waals surface area (Å²) in [5, 5.41) is 0. The van der Waals surface area contributed by atoms with Gasteiger partial charge in [0, 0.05) is 32.7 Å². The molecule has 1 atom stereocenters. The maximum Gasteiger partial charge on any atom is 0.322 e. The van der Waals surface area contributed by atoms with Gasteiger partial charge in [-0.2, -0.15) is 0 Å². The molecule has 2 rings (SSSR count). The first kappa shape index (κ1) is 14.0. The third-order valence-corrected chi connectivity index (χ3v) is 3.65. The van der Waals surface area contributed by atoms with Crippen LogP contribution in [-0.4, -0.2) is 79.4 Å². The number of hydrogen-bond donors (Lipinski definition) is 0. The summed E-state index contributed by atoms with van der Waals surface area (Å²) in [4.78, 5) is 28.1. The molecular weight excluding hydrogens is 253 g/mol. The SMILES string of the molecule is COC(=O)CN1CCN(C(=O)N2CCC[C@@H]2F)CC1. The van der Waals surface area contributed by atoms with E-state index in [-0.39, 0.29) is 18.5 Å². The van der Waals surface area contributed by atoms with Gasteiger partial charge < -0.3 is 9.64 Å². The molecule has 0 radical (unpaired) electrons. The fourth-order valence-corrected chi connectivity index (χ4v) is 2.47. The maximum absolute atomic E-state index is 13.5. The van der Waals surface area contributed by atoms with Gasteiger partial charge in [-0.3, -0.25) is 14.6 Å². The van der Waals surface area contributed by atoms with Crippen LogP contribution in [-0.2, 0) is 9.53 Å². The van der Waals surface area contributed by atoms with Crippen LogP contribution in [0.4, 0.5) is 9.18 Å². The highest BCUT2D eigenvalue weighted by atomic mass is 19.1. The van der Waals surface area contributed by atoms with E-state index in [0.29, 0.717) is 39.1 Å². The van der Waals surface area contributed by atoms with E-state index in [1.165, 1.54) is 12.0 Å². The highest BCUT2D eigenvalue weighted by Crippen LogP contribution is 2.20. The molecule has 0 unspecified atom stereocenters. The van der Waals surface area contributed by atoms with Crippen molar-refractivity contribution >= 4 is 12.0 Å². The van der Waals surface area contributed by atoms with Gasteiger partial charge in [-0.15, -0.1) is 0 Å². The number of halogens is 1. The van der Waals surface area contributed by atoms with Gasteiger partial charge >= 0.3 is 12.0 Å². The molecule has 0 spiro atoms. The van der Waals surface area contributed by atoms with E-state index in [4.69, 9.17) is 0 Å². The van der Waals surface area contributed by atoms with Crippen molar-refractivity contribution in [3.63, 3.8) is 0 Å². The Hall–Kier alpha value is -1.37. The molecule has 0 aromatic heterocycles.